The molecule has 0 saturated carbocycles. The van der Waals surface area contributed by atoms with Gasteiger partial charge in [0.15, 0.2) is 12.0 Å². The van der Waals surface area contributed by atoms with Gasteiger partial charge >= 0.3 is 5.97 Å². The molecule has 4 heteroatoms. The standard InChI is InChI=1S/C9H7NO3/c1-12-9(11)6-3-2-4-7-8(6)13-5-10-7/h2-5H,1H3. The Morgan fingerprint density at radius 2 is 2.38 bits per heavy atom. The van der Waals surface area contributed by atoms with Gasteiger partial charge in [-0.2, -0.15) is 0 Å². The van der Waals surface area contributed by atoms with Gasteiger partial charge in [0.2, 0.25) is 0 Å². The van der Waals surface area contributed by atoms with E-state index in [9.17, 15) is 4.79 Å². The zero-order valence-electron chi connectivity index (χ0n) is 6.98. The first-order valence-corrected chi connectivity index (χ1v) is 3.73. The first-order chi connectivity index (χ1) is 6.33. The van der Waals surface area contributed by atoms with Gasteiger partial charge < -0.3 is 9.15 Å². The van der Waals surface area contributed by atoms with E-state index >= 15 is 0 Å². The molecule has 4 nitrogen and oxygen atoms in total. The molecule has 0 aliphatic carbocycles. The molecule has 0 bridgehead atoms. The number of rotatable bonds is 1. The van der Waals surface area contributed by atoms with Gasteiger partial charge in [0.05, 0.1) is 7.11 Å². The quantitative estimate of drug-likeness (QED) is 0.621. The molecule has 0 fully saturated rings. The number of benzene rings is 1. The summed E-state index contributed by atoms with van der Waals surface area (Å²) in [6.07, 6.45) is 1.30. The lowest BCUT2D eigenvalue weighted by molar-refractivity contribution is 0.0602. The van der Waals surface area contributed by atoms with E-state index in [2.05, 4.69) is 9.72 Å². The van der Waals surface area contributed by atoms with Crippen molar-refractivity contribution in [2.75, 3.05) is 7.11 Å². The first kappa shape index (κ1) is 7.79. The predicted molar refractivity (Wildman–Crippen MR) is 45.3 cm³/mol. The molecule has 2 aromatic rings. The largest absolute Gasteiger partial charge is 0.465 e. The number of hydrogen-bond donors (Lipinski definition) is 0. The van der Waals surface area contributed by atoms with Crippen LogP contribution in [0, 0.1) is 0 Å². The maximum Gasteiger partial charge on any atom is 0.341 e. The van der Waals surface area contributed by atoms with Crippen molar-refractivity contribution in [1.82, 2.24) is 4.98 Å². The molecular formula is C9H7NO3. The lowest BCUT2D eigenvalue weighted by Crippen LogP contribution is -2.00. The van der Waals surface area contributed by atoms with Crippen LogP contribution in [0.15, 0.2) is 29.0 Å². The van der Waals surface area contributed by atoms with E-state index in [0.29, 0.717) is 16.7 Å². The van der Waals surface area contributed by atoms with Crippen molar-refractivity contribution in [3.8, 4) is 0 Å². The fraction of sp³-hybridized carbons (Fsp3) is 0.111. The summed E-state index contributed by atoms with van der Waals surface area (Å²) in [5, 5.41) is 0. The molecule has 66 valence electrons. The van der Waals surface area contributed by atoms with Crippen LogP contribution in [0.2, 0.25) is 0 Å². The van der Waals surface area contributed by atoms with Crippen LogP contribution in [0.25, 0.3) is 11.1 Å². The number of para-hydroxylation sites is 1. The number of fused-ring (bicyclic) bond motifs is 1. The number of ether oxygens (including phenoxy) is 1. The van der Waals surface area contributed by atoms with E-state index in [1.165, 1.54) is 13.5 Å². The Kier molecular flexibility index (Phi) is 1.73. The van der Waals surface area contributed by atoms with Crippen molar-refractivity contribution >= 4 is 17.1 Å². The van der Waals surface area contributed by atoms with Gasteiger partial charge in [-0.05, 0) is 12.1 Å². The fourth-order valence-corrected chi connectivity index (χ4v) is 1.16. The number of methoxy groups -OCH3 is 1. The average Bonchev–Trinajstić information content (AvgIpc) is 2.63. The monoisotopic (exact) mass is 177 g/mol. The Labute approximate surface area is 74.1 Å². The van der Waals surface area contributed by atoms with Crippen LogP contribution >= 0.6 is 0 Å². The number of hydrogen-bond acceptors (Lipinski definition) is 4. The molecule has 0 spiro atoms. The minimum Gasteiger partial charge on any atom is -0.465 e. The summed E-state index contributed by atoms with van der Waals surface area (Å²) in [5.74, 6) is -0.414. The first-order valence-electron chi connectivity index (χ1n) is 3.73. The van der Waals surface area contributed by atoms with E-state index in [1.807, 2.05) is 0 Å². The SMILES string of the molecule is COC(=O)c1cccc2ncoc12. The molecule has 0 unspecified atom stereocenters. The highest BCUT2D eigenvalue weighted by atomic mass is 16.5. The van der Waals surface area contributed by atoms with Crippen LogP contribution in [0.4, 0.5) is 0 Å². The molecule has 1 heterocycles. The van der Waals surface area contributed by atoms with Crippen LogP contribution in [0.5, 0.6) is 0 Å². The van der Waals surface area contributed by atoms with E-state index in [-0.39, 0.29) is 0 Å². The molecule has 0 saturated heterocycles. The average molecular weight is 177 g/mol. The van der Waals surface area contributed by atoms with Gasteiger partial charge in [0.25, 0.3) is 0 Å². The Hall–Kier alpha value is -1.84. The second kappa shape index (κ2) is 2.90. The highest BCUT2D eigenvalue weighted by Gasteiger charge is 2.12. The Morgan fingerprint density at radius 1 is 1.54 bits per heavy atom. The van der Waals surface area contributed by atoms with Crippen molar-refractivity contribution in [3.63, 3.8) is 0 Å². The van der Waals surface area contributed by atoms with Crippen molar-refractivity contribution in [1.29, 1.82) is 0 Å². The maximum absolute atomic E-state index is 11.2. The number of esters is 1. The second-order valence-electron chi connectivity index (χ2n) is 2.50. The van der Waals surface area contributed by atoms with Crippen LogP contribution in [0.1, 0.15) is 10.4 Å². The van der Waals surface area contributed by atoms with Crippen LogP contribution in [-0.4, -0.2) is 18.1 Å². The minimum absolute atomic E-state index is 0.400. The maximum atomic E-state index is 11.2. The Balaban J connectivity index is 2.67. The molecule has 13 heavy (non-hydrogen) atoms. The number of oxazole rings is 1. The highest BCUT2D eigenvalue weighted by molar-refractivity contribution is 6.00. The molecule has 0 atom stereocenters. The van der Waals surface area contributed by atoms with Crippen LogP contribution in [-0.2, 0) is 4.74 Å². The van der Waals surface area contributed by atoms with Crippen LogP contribution < -0.4 is 0 Å². The highest BCUT2D eigenvalue weighted by Crippen LogP contribution is 2.17. The summed E-state index contributed by atoms with van der Waals surface area (Å²) in [7, 11) is 1.33. The van der Waals surface area contributed by atoms with E-state index in [1.54, 1.807) is 18.2 Å². The normalized spacial score (nSPS) is 10.2. The molecule has 2 rings (SSSR count). The van der Waals surface area contributed by atoms with Gasteiger partial charge in [-0.15, -0.1) is 0 Å². The number of carbonyl (C=O) groups is 1. The van der Waals surface area contributed by atoms with Gasteiger partial charge in [0, 0.05) is 0 Å². The zero-order chi connectivity index (χ0) is 9.26. The lowest BCUT2D eigenvalue weighted by atomic mass is 10.2. The summed E-state index contributed by atoms with van der Waals surface area (Å²) in [4.78, 5) is 15.1. The van der Waals surface area contributed by atoms with Crippen molar-refractivity contribution < 1.29 is 13.9 Å². The Bertz CT molecular complexity index is 447. The van der Waals surface area contributed by atoms with E-state index in [0.717, 1.165) is 0 Å². The zero-order valence-corrected chi connectivity index (χ0v) is 6.98. The van der Waals surface area contributed by atoms with Crippen molar-refractivity contribution in [3.05, 3.63) is 30.2 Å². The number of aromatic nitrogens is 1. The summed E-state index contributed by atoms with van der Waals surface area (Å²) < 4.78 is 9.65. The molecule has 0 radical (unpaired) electrons. The van der Waals surface area contributed by atoms with Gasteiger partial charge in [-0.3, -0.25) is 0 Å². The molecule has 1 aromatic carbocycles. The lowest BCUT2D eigenvalue weighted by Gasteiger charge is -1.97. The summed E-state index contributed by atoms with van der Waals surface area (Å²) in [6.45, 7) is 0. The molecule has 0 N–H and O–H groups in total. The third-order valence-corrected chi connectivity index (χ3v) is 1.76. The fourth-order valence-electron chi connectivity index (χ4n) is 1.16. The topological polar surface area (TPSA) is 52.3 Å². The van der Waals surface area contributed by atoms with Crippen LogP contribution in [0.3, 0.4) is 0 Å². The number of nitrogens with zero attached hydrogens (tertiary/aromatic N) is 1. The molecule has 0 aliphatic rings. The predicted octanol–water partition coefficient (Wildman–Crippen LogP) is 1.61. The Morgan fingerprint density at radius 3 is 3.15 bits per heavy atom. The smallest absolute Gasteiger partial charge is 0.341 e. The van der Waals surface area contributed by atoms with Gasteiger partial charge in [0.1, 0.15) is 11.1 Å². The third kappa shape index (κ3) is 1.16. The van der Waals surface area contributed by atoms with E-state index < -0.39 is 5.97 Å². The summed E-state index contributed by atoms with van der Waals surface area (Å²) >= 11 is 0. The molecular weight excluding hydrogens is 170 g/mol. The molecule has 0 amide bonds. The molecule has 1 aromatic heterocycles. The summed E-state index contributed by atoms with van der Waals surface area (Å²) in [5.41, 5.74) is 1.52. The number of carbonyl (C=O) groups excluding carboxylic acids is 1. The van der Waals surface area contributed by atoms with Crippen molar-refractivity contribution in [2.45, 2.75) is 0 Å². The summed E-state index contributed by atoms with van der Waals surface area (Å²) in [6, 6.07) is 5.14. The van der Waals surface area contributed by atoms with Gasteiger partial charge in [-0.1, -0.05) is 6.07 Å². The minimum atomic E-state index is -0.414. The van der Waals surface area contributed by atoms with Gasteiger partial charge in [-0.25, -0.2) is 9.78 Å². The van der Waals surface area contributed by atoms with Crippen molar-refractivity contribution in [2.24, 2.45) is 0 Å². The third-order valence-electron chi connectivity index (χ3n) is 1.76. The van der Waals surface area contributed by atoms with E-state index in [4.69, 9.17) is 4.42 Å². The molecule has 0 aliphatic heterocycles. The second-order valence-corrected chi connectivity index (χ2v) is 2.50.